The quantitative estimate of drug-likeness (QED) is 0.0843. The number of benzene rings is 6. The number of methoxy groups -OCH3 is 2. The van der Waals surface area contributed by atoms with Crippen molar-refractivity contribution in [2.45, 2.75) is 0 Å². The molecule has 0 amide bonds. The molecule has 0 heterocycles. The average Bonchev–Trinajstić information content (AvgIpc) is 3.04. The summed E-state index contributed by atoms with van der Waals surface area (Å²) in [5.74, 6) is 1.07. The fourth-order valence-electron chi connectivity index (χ4n) is 5.29. The van der Waals surface area contributed by atoms with Gasteiger partial charge in [0.1, 0.15) is 11.5 Å². The van der Waals surface area contributed by atoms with Gasteiger partial charge in [0.05, 0.1) is 14.2 Å². The van der Waals surface area contributed by atoms with Crippen molar-refractivity contribution in [1.82, 2.24) is 0 Å². The fourth-order valence-corrected chi connectivity index (χ4v) is 5.29. The van der Waals surface area contributed by atoms with Gasteiger partial charge in [-0.15, -0.1) is 0 Å². The molecule has 5 nitrogen and oxygen atoms in total. The number of ketones is 1. The maximum atomic E-state index is 12.6. The third-order valence-corrected chi connectivity index (χ3v) is 7.34. The Morgan fingerprint density at radius 2 is 1.10 bits per heavy atom. The lowest BCUT2D eigenvalue weighted by atomic mass is 9.92. The van der Waals surface area contributed by atoms with Crippen molar-refractivity contribution in [1.29, 1.82) is 0 Å². The molecule has 0 saturated carbocycles. The molecule has 200 valence electrons. The van der Waals surface area contributed by atoms with E-state index in [1.807, 2.05) is 84.9 Å². The Morgan fingerprint density at radius 3 is 1.66 bits per heavy atom. The number of Topliss-reactive ketones (excluding diaryl/α,β-unsaturated/α-hetero) is 1. The number of aldehydes is 1. The van der Waals surface area contributed by atoms with Gasteiger partial charge < -0.3 is 14.4 Å². The number of ether oxygens (including phenoxy) is 2. The summed E-state index contributed by atoms with van der Waals surface area (Å²) in [6, 6.07) is 40.0. The molecule has 0 aliphatic carbocycles. The van der Waals surface area contributed by atoms with Crippen molar-refractivity contribution in [2.24, 2.45) is 0 Å². The lowest BCUT2D eigenvalue weighted by molar-refractivity contribution is -0.104. The molecule has 0 unspecified atom stereocenters. The van der Waals surface area contributed by atoms with E-state index in [0.29, 0.717) is 11.8 Å². The maximum absolute atomic E-state index is 12.6. The van der Waals surface area contributed by atoms with E-state index < -0.39 is 5.78 Å². The first-order chi connectivity index (χ1) is 20.1. The average molecular weight is 538 g/mol. The van der Waals surface area contributed by atoms with Gasteiger partial charge in [0.25, 0.3) is 0 Å². The monoisotopic (exact) mass is 537 g/mol. The minimum atomic E-state index is -0.513. The Labute approximate surface area is 238 Å². The summed E-state index contributed by atoms with van der Waals surface area (Å²) in [6.45, 7) is 0. The Balaban J connectivity index is 1.41. The van der Waals surface area contributed by atoms with Crippen LogP contribution in [0.3, 0.4) is 0 Å². The van der Waals surface area contributed by atoms with E-state index in [0.717, 1.165) is 61.2 Å². The second-order valence-corrected chi connectivity index (χ2v) is 9.67. The number of nitrogens with zero attached hydrogens (tertiary/aromatic N) is 1. The van der Waals surface area contributed by atoms with Crippen LogP contribution in [0.15, 0.2) is 121 Å². The zero-order valence-electron chi connectivity index (χ0n) is 22.7. The van der Waals surface area contributed by atoms with Crippen LogP contribution in [0.5, 0.6) is 11.5 Å². The van der Waals surface area contributed by atoms with Gasteiger partial charge in [-0.2, -0.15) is 0 Å². The molecule has 0 bridgehead atoms. The van der Waals surface area contributed by atoms with Gasteiger partial charge >= 0.3 is 0 Å². The topological polar surface area (TPSA) is 55.8 Å². The van der Waals surface area contributed by atoms with Crippen molar-refractivity contribution in [3.8, 4) is 22.6 Å². The smallest absolute Gasteiger partial charge is 0.226 e. The Bertz CT molecular complexity index is 1830. The first-order valence-corrected chi connectivity index (χ1v) is 13.2. The van der Waals surface area contributed by atoms with Crippen molar-refractivity contribution < 1.29 is 19.1 Å². The van der Waals surface area contributed by atoms with E-state index in [-0.39, 0.29) is 0 Å². The van der Waals surface area contributed by atoms with Crippen LogP contribution in [0.2, 0.25) is 0 Å². The van der Waals surface area contributed by atoms with Crippen molar-refractivity contribution in [3.05, 3.63) is 127 Å². The summed E-state index contributed by atoms with van der Waals surface area (Å²) in [5.41, 5.74) is 5.49. The summed E-state index contributed by atoms with van der Waals surface area (Å²) < 4.78 is 10.7. The van der Waals surface area contributed by atoms with Gasteiger partial charge in [0.2, 0.25) is 5.78 Å². The van der Waals surface area contributed by atoms with Crippen LogP contribution in [-0.4, -0.2) is 26.3 Å². The van der Waals surface area contributed by atoms with Crippen LogP contribution < -0.4 is 14.4 Å². The Kier molecular flexibility index (Phi) is 6.92. The molecule has 6 aromatic rings. The van der Waals surface area contributed by atoms with Crippen molar-refractivity contribution >= 4 is 50.7 Å². The summed E-state index contributed by atoms with van der Waals surface area (Å²) in [6.07, 6.45) is 0.394. The number of hydrogen-bond donors (Lipinski definition) is 0. The highest BCUT2D eigenvalue weighted by Crippen LogP contribution is 2.38. The molecule has 0 atom stereocenters. The lowest BCUT2D eigenvalue weighted by Crippen LogP contribution is -2.09. The van der Waals surface area contributed by atoms with E-state index in [9.17, 15) is 9.59 Å². The minimum Gasteiger partial charge on any atom is -0.497 e. The normalized spacial score (nSPS) is 10.9. The zero-order chi connectivity index (χ0) is 28.3. The molecule has 6 rings (SSSR count). The third-order valence-electron chi connectivity index (χ3n) is 7.34. The van der Waals surface area contributed by atoms with Gasteiger partial charge in [-0.05, 0) is 105 Å². The van der Waals surface area contributed by atoms with Gasteiger partial charge in [-0.25, -0.2) is 0 Å². The lowest BCUT2D eigenvalue weighted by Gasteiger charge is -2.26. The van der Waals surface area contributed by atoms with E-state index in [1.54, 1.807) is 14.2 Å². The molecule has 6 aromatic carbocycles. The summed E-state index contributed by atoms with van der Waals surface area (Å²) in [5, 5.41) is 3.39. The van der Waals surface area contributed by atoms with Crippen LogP contribution in [0.25, 0.3) is 32.7 Å². The van der Waals surface area contributed by atoms with Crippen LogP contribution >= 0.6 is 0 Å². The summed E-state index contributed by atoms with van der Waals surface area (Å²) in [7, 11) is 3.32. The van der Waals surface area contributed by atoms with Crippen LogP contribution in [0, 0.1) is 0 Å². The zero-order valence-corrected chi connectivity index (χ0v) is 22.7. The molecule has 0 aromatic heterocycles. The summed E-state index contributed by atoms with van der Waals surface area (Å²) in [4.78, 5) is 26.3. The van der Waals surface area contributed by atoms with E-state index in [4.69, 9.17) is 9.47 Å². The van der Waals surface area contributed by atoms with Crippen LogP contribution in [0.1, 0.15) is 10.4 Å². The predicted molar refractivity (Wildman–Crippen MR) is 165 cm³/mol. The van der Waals surface area contributed by atoms with Crippen LogP contribution in [-0.2, 0) is 4.79 Å². The number of rotatable bonds is 8. The molecule has 41 heavy (non-hydrogen) atoms. The standard InChI is InChI=1S/C36H27NO4/c1-40-31-16-12-29(13-17-31)37(30-14-18-32(41-2)19-15-30)28-10-7-24(8-11-28)25-9-20-34-27(21-25)22-26-5-3-4-6-33(26)36(34)35(39)23-38/h3-23H,1-2H3. The van der Waals surface area contributed by atoms with E-state index >= 15 is 0 Å². The first kappa shape index (κ1) is 25.8. The largest absolute Gasteiger partial charge is 0.497 e. The molecule has 0 aliphatic heterocycles. The Morgan fingerprint density at radius 1 is 0.585 bits per heavy atom. The molecular weight excluding hydrogens is 510 g/mol. The molecule has 5 heteroatoms. The number of anilines is 3. The highest BCUT2D eigenvalue weighted by molar-refractivity contribution is 6.40. The van der Waals surface area contributed by atoms with Gasteiger partial charge in [-0.3, -0.25) is 9.59 Å². The molecule has 0 spiro atoms. The van der Waals surface area contributed by atoms with Gasteiger partial charge in [0, 0.05) is 22.6 Å². The number of fused-ring (bicyclic) bond motifs is 2. The highest BCUT2D eigenvalue weighted by Gasteiger charge is 2.16. The third kappa shape index (κ3) is 4.90. The predicted octanol–water partition coefficient (Wildman–Crippen LogP) is 8.53. The minimum absolute atomic E-state index is 0.394. The molecular formula is C36H27NO4. The Hall–Kier alpha value is -5.42. The second-order valence-electron chi connectivity index (χ2n) is 9.67. The number of hydrogen-bond acceptors (Lipinski definition) is 5. The molecule has 0 radical (unpaired) electrons. The van der Waals surface area contributed by atoms with Crippen molar-refractivity contribution in [2.75, 3.05) is 19.1 Å². The summed E-state index contributed by atoms with van der Waals surface area (Å²) >= 11 is 0. The van der Waals surface area contributed by atoms with Gasteiger partial charge in [0.15, 0.2) is 6.29 Å². The second kappa shape index (κ2) is 11.0. The number of carbonyl (C=O) groups excluding carboxylic acids is 2. The molecule has 0 saturated heterocycles. The molecule has 0 aliphatic rings. The van der Waals surface area contributed by atoms with E-state index in [2.05, 4.69) is 41.3 Å². The molecule has 0 fully saturated rings. The SMILES string of the molecule is COc1ccc(N(c2ccc(OC)cc2)c2ccc(-c3ccc4c(C(=O)C=O)c5ccccc5cc4c3)cc2)cc1. The maximum Gasteiger partial charge on any atom is 0.226 e. The number of carbonyl (C=O) groups is 2. The molecule has 0 N–H and O–H groups in total. The van der Waals surface area contributed by atoms with Crippen LogP contribution in [0.4, 0.5) is 17.1 Å². The van der Waals surface area contributed by atoms with Gasteiger partial charge in [-0.1, -0.05) is 48.5 Å². The first-order valence-electron chi connectivity index (χ1n) is 13.2. The fraction of sp³-hybridized carbons (Fsp3) is 0.0556. The highest BCUT2D eigenvalue weighted by atomic mass is 16.5. The van der Waals surface area contributed by atoms with Crippen molar-refractivity contribution in [3.63, 3.8) is 0 Å². The van der Waals surface area contributed by atoms with E-state index in [1.165, 1.54) is 0 Å².